The predicted octanol–water partition coefficient (Wildman–Crippen LogP) is 4.94. The van der Waals surface area contributed by atoms with Crippen LogP contribution in [0.25, 0.3) is 21.8 Å². The molecule has 5 rings (SSSR count). The summed E-state index contributed by atoms with van der Waals surface area (Å²) in [6.07, 6.45) is 0. The number of H-pyrrole nitrogens is 1. The van der Waals surface area contributed by atoms with Gasteiger partial charge in [-0.1, -0.05) is 54.2 Å². The molecule has 5 aromatic rings. The van der Waals surface area contributed by atoms with E-state index in [2.05, 4.69) is 20.2 Å². The van der Waals surface area contributed by atoms with E-state index < -0.39 is 10.8 Å². The van der Waals surface area contributed by atoms with E-state index >= 15 is 0 Å². The smallest absolute Gasteiger partial charge is 0.275 e. The maximum atomic E-state index is 13.2. The number of hydrogen-bond acceptors (Lipinski definition) is 8. The van der Waals surface area contributed by atoms with Gasteiger partial charge in [0.25, 0.3) is 17.2 Å². The molecule has 1 amide bonds. The minimum Gasteiger partial charge on any atom is -0.493 e. The van der Waals surface area contributed by atoms with E-state index in [4.69, 9.17) is 0 Å². The summed E-state index contributed by atoms with van der Waals surface area (Å²) < 4.78 is 1.51. The fraction of sp³-hybridized carbons (Fsp3) is 0.0800. The average molecular weight is 515 g/mol. The highest BCUT2D eigenvalue weighted by Crippen LogP contribution is 2.37. The van der Waals surface area contributed by atoms with E-state index in [1.807, 2.05) is 30.3 Å². The summed E-state index contributed by atoms with van der Waals surface area (Å²) in [7, 11) is 0. The maximum Gasteiger partial charge on any atom is 0.275 e. The van der Waals surface area contributed by atoms with Crippen molar-refractivity contribution in [3.05, 3.63) is 98.8 Å². The van der Waals surface area contributed by atoms with Crippen LogP contribution < -0.4 is 5.56 Å². The Kier molecular flexibility index (Phi) is 6.47. The number of nitrogens with zero attached hydrogens (tertiary/aromatic N) is 5. The molecule has 37 heavy (non-hydrogen) atoms. The molecule has 2 N–H and O–H groups in total. The Balaban J connectivity index is 1.41. The third kappa shape index (κ3) is 4.95. The summed E-state index contributed by atoms with van der Waals surface area (Å²) in [5, 5.41) is 29.8. The van der Waals surface area contributed by atoms with Crippen LogP contribution in [-0.2, 0) is 11.3 Å². The molecule has 0 aliphatic heterocycles. The average Bonchev–Trinajstić information content (AvgIpc) is 3.22. The lowest BCUT2D eigenvalue weighted by molar-refractivity contribution is -0.384. The van der Waals surface area contributed by atoms with Gasteiger partial charge >= 0.3 is 0 Å². The van der Waals surface area contributed by atoms with Gasteiger partial charge in [0.2, 0.25) is 5.88 Å². The van der Waals surface area contributed by atoms with E-state index in [1.54, 1.807) is 24.3 Å². The normalized spacial score (nSPS) is 11.5. The van der Waals surface area contributed by atoms with Crippen molar-refractivity contribution in [2.45, 2.75) is 11.7 Å². The molecule has 3 aromatic carbocycles. The van der Waals surface area contributed by atoms with Crippen LogP contribution in [0.15, 0.2) is 93.0 Å². The standard InChI is InChI=1S/C25H18N6O5S/c32-21(28-29-22-18-12-16(31(35)36)10-11-20(18)26-23(22)33)14-37-25-27-19-9-5-4-8-17(19)24(34)30(25)13-15-6-2-1-3-7-15/h1-12,26,33H,13-14H2. The molecule has 0 atom stereocenters. The zero-order chi connectivity index (χ0) is 25.9. The number of carbonyl (C=O) groups excluding carboxylic acids is 1. The molecule has 0 aliphatic carbocycles. The summed E-state index contributed by atoms with van der Waals surface area (Å²) in [6.45, 7) is 0.275. The monoisotopic (exact) mass is 514 g/mol. The molecule has 0 bridgehead atoms. The summed E-state index contributed by atoms with van der Waals surface area (Å²) in [5.41, 5.74) is 1.32. The third-order valence-electron chi connectivity index (χ3n) is 5.54. The molecule has 0 aliphatic rings. The number of aromatic nitrogens is 3. The molecular weight excluding hydrogens is 496 g/mol. The first-order valence-corrected chi connectivity index (χ1v) is 12.0. The molecule has 0 saturated carbocycles. The topological polar surface area (TPSA) is 156 Å². The van der Waals surface area contributed by atoms with Crippen LogP contribution in [0.1, 0.15) is 5.56 Å². The van der Waals surface area contributed by atoms with Gasteiger partial charge in [-0.25, -0.2) is 4.98 Å². The lowest BCUT2D eigenvalue weighted by atomic mass is 10.2. The Morgan fingerprint density at radius 3 is 2.62 bits per heavy atom. The van der Waals surface area contributed by atoms with E-state index in [-0.39, 0.29) is 40.5 Å². The Hall–Kier alpha value is -4.84. The number of aromatic amines is 1. The first-order valence-electron chi connectivity index (χ1n) is 11.0. The van der Waals surface area contributed by atoms with Crippen LogP contribution in [0.4, 0.5) is 11.4 Å². The molecule has 2 aromatic heterocycles. The highest BCUT2D eigenvalue weighted by molar-refractivity contribution is 7.99. The van der Waals surface area contributed by atoms with Gasteiger partial charge in [-0.05, 0) is 23.8 Å². The van der Waals surface area contributed by atoms with Gasteiger partial charge in [0.05, 0.1) is 33.6 Å². The number of non-ortho nitro benzene ring substituents is 1. The maximum absolute atomic E-state index is 13.2. The van der Waals surface area contributed by atoms with Crippen molar-refractivity contribution in [2.24, 2.45) is 10.2 Å². The fourth-order valence-corrected chi connectivity index (χ4v) is 4.57. The minimum absolute atomic E-state index is 0.0816. The van der Waals surface area contributed by atoms with Crippen LogP contribution in [0, 0.1) is 10.1 Å². The highest BCUT2D eigenvalue weighted by atomic mass is 32.2. The number of nitro benzene ring substituents is 1. The van der Waals surface area contributed by atoms with Crippen LogP contribution in [0.2, 0.25) is 0 Å². The number of aromatic hydroxyl groups is 1. The van der Waals surface area contributed by atoms with Crippen LogP contribution in [0.5, 0.6) is 5.88 Å². The number of nitro groups is 1. The Labute approximate surface area is 212 Å². The number of amides is 1. The van der Waals surface area contributed by atoms with Crippen molar-refractivity contribution in [3.8, 4) is 5.88 Å². The van der Waals surface area contributed by atoms with Crippen LogP contribution in [-0.4, -0.2) is 36.2 Å². The molecule has 12 heteroatoms. The molecule has 0 spiro atoms. The third-order valence-corrected chi connectivity index (χ3v) is 6.50. The number of hydrogen-bond donors (Lipinski definition) is 2. The van der Waals surface area contributed by atoms with Gasteiger partial charge in [0.15, 0.2) is 10.8 Å². The largest absolute Gasteiger partial charge is 0.493 e. The molecule has 0 fully saturated rings. The van der Waals surface area contributed by atoms with Gasteiger partial charge in [-0.15, -0.1) is 10.2 Å². The number of thioether (sulfide) groups is 1. The second kappa shape index (κ2) is 10.0. The number of carbonyl (C=O) groups is 1. The van der Waals surface area contributed by atoms with Crippen LogP contribution >= 0.6 is 11.8 Å². The molecular formula is C25H18N6O5S. The van der Waals surface area contributed by atoms with Crippen molar-refractivity contribution in [2.75, 3.05) is 5.75 Å². The van der Waals surface area contributed by atoms with Gasteiger partial charge < -0.3 is 10.1 Å². The number of azo groups is 1. The Bertz CT molecular complexity index is 1750. The van der Waals surface area contributed by atoms with E-state index in [0.29, 0.717) is 21.6 Å². The van der Waals surface area contributed by atoms with Gasteiger partial charge in [0.1, 0.15) is 0 Å². The van der Waals surface area contributed by atoms with Crippen molar-refractivity contribution in [1.82, 2.24) is 14.5 Å². The molecule has 2 heterocycles. The van der Waals surface area contributed by atoms with E-state index in [0.717, 1.165) is 17.3 Å². The fourth-order valence-electron chi connectivity index (χ4n) is 3.79. The number of nitrogens with one attached hydrogen (secondary N) is 1. The second-order valence-corrected chi connectivity index (χ2v) is 8.92. The minimum atomic E-state index is -0.641. The molecule has 184 valence electrons. The van der Waals surface area contributed by atoms with E-state index in [9.17, 15) is 24.8 Å². The molecule has 11 nitrogen and oxygen atoms in total. The van der Waals surface area contributed by atoms with Crippen molar-refractivity contribution >= 4 is 50.8 Å². The summed E-state index contributed by atoms with van der Waals surface area (Å²) in [4.78, 5) is 43.5. The Morgan fingerprint density at radius 2 is 1.84 bits per heavy atom. The second-order valence-electron chi connectivity index (χ2n) is 7.98. The molecule has 0 radical (unpaired) electrons. The lowest BCUT2D eigenvalue weighted by Crippen LogP contribution is -2.24. The number of rotatable bonds is 7. The lowest BCUT2D eigenvalue weighted by Gasteiger charge is -2.12. The van der Waals surface area contributed by atoms with Crippen LogP contribution in [0.3, 0.4) is 0 Å². The van der Waals surface area contributed by atoms with Gasteiger partial charge in [-0.2, -0.15) is 0 Å². The van der Waals surface area contributed by atoms with E-state index in [1.165, 1.54) is 22.8 Å². The number of para-hydroxylation sites is 1. The van der Waals surface area contributed by atoms with Crippen molar-refractivity contribution < 1.29 is 14.8 Å². The summed E-state index contributed by atoms with van der Waals surface area (Å²) in [5.74, 6) is -1.18. The van der Waals surface area contributed by atoms with Crippen molar-refractivity contribution in [1.29, 1.82) is 0 Å². The number of benzene rings is 3. The predicted molar refractivity (Wildman–Crippen MR) is 138 cm³/mol. The highest BCUT2D eigenvalue weighted by Gasteiger charge is 2.17. The summed E-state index contributed by atoms with van der Waals surface area (Å²) in [6, 6.07) is 20.4. The zero-order valence-corrected chi connectivity index (χ0v) is 19.9. The SMILES string of the molecule is O=C(CSc1nc2ccccc2c(=O)n1Cc1ccccc1)N=Nc1c(O)[nH]c2ccc([N+](=O)[O-])cc12. The molecule has 0 saturated heterocycles. The van der Waals surface area contributed by atoms with Crippen molar-refractivity contribution in [3.63, 3.8) is 0 Å². The first kappa shape index (κ1) is 23.9. The first-order chi connectivity index (χ1) is 17.9. The van der Waals surface area contributed by atoms with Gasteiger partial charge in [-0.3, -0.25) is 24.3 Å². The quantitative estimate of drug-likeness (QED) is 0.102. The van der Waals surface area contributed by atoms with Gasteiger partial charge in [0, 0.05) is 17.5 Å². The Morgan fingerprint density at radius 1 is 1.08 bits per heavy atom. The number of fused-ring (bicyclic) bond motifs is 2. The molecule has 0 unspecified atom stereocenters. The zero-order valence-electron chi connectivity index (χ0n) is 19.1. The summed E-state index contributed by atoms with van der Waals surface area (Å²) >= 11 is 1.04.